The molecule has 0 aromatic heterocycles. The molecule has 1 aromatic carbocycles. The van der Waals surface area contributed by atoms with E-state index >= 15 is 0 Å². The summed E-state index contributed by atoms with van der Waals surface area (Å²) in [5, 5.41) is 12.8. The highest BCUT2D eigenvalue weighted by atomic mass is 16.5. The number of hydrogen-bond acceptors (Lipinski definition) is 5. The van der Waals surface area contributed by atoms with Crippen LogP contribution in [0, 0.1) is 0 Å². The molecule has 0 radical (unpaired) electrons. The first-order chi connectivity index (χ1) is 10.1. The lowest BCUT2D eigenvalue weighted by molar-refractivity contribution is -0.133. The number of nitrogens with one attached hydrogen (secondary N) is 1. The number of nitrogens with two attached hydrogens (primary N) is 1. The Labute approximate surface area is 124 Å². The average molecular weight is 293 g/mol. The molecule has 0 saturated carbocycles. The largest absolute Gasteiger partial charge is 0.508 e. The van der Waals surface area contributed by atoms with Gasteiger partial charge in [0.2, 0.25) is 5.91 Å². The van der Waals surface area contributed by atoms with Crippen molar-refractivity contribution in [2.45, 2.75) is 25.9 Å². The maximum atomic E-state index is 12.2. The minimum atomic E-state index is -0.328. The van der Waals surface area contributed by atoms with E-state index in [1.54, 1.807) is 18.2 Å². The number of rotatable bonds is 5. The zero-order valence-electron chi connectivity index (χ0n) is 12.3. The van der Waals surface area contributed by atoms with Crippen LogP contribution in [0.15, 0.2) is 18.2 Å². The maximum absolute atomic E-state index is 12.2. The molecule has 1 unspecified atom stereocenters. The van der Waals surface area contributed by atoms with Gasteiger partial charge in [-0.2, -0.15) is 0 Å². The number of anilines is 1. The van der Waals surface area contributed by atoms with Gasteiger partial charge in [-0.05, 0) is 24.6 Å². The SMILES string of the molecule is CCCNC(=O)C1COCCN1Cc1cc(N)ccc1O. The van der Waals surface area contributed by atoms with E-state index in [1.807, 2.05) is 11.8 Å². The second-order valence-corrected chi connectivity index (χ2v) is 5.24. The fraction of sp³-hybridized carbons (Fsp3) is 0.533. The normalized spacial score (nSPS) is 19.4. The molecule has 0 bridgehead atoms. The molecule has 1 amide bonds. The third-order valence-electron chi connectivity index (χ3n) is 3.57. The van der Waals surface area contributed by atoms with Crippen molar-refractivity contribution >= 4 is 11.6 Å². The lowest BCUT2D eigenvalue weighted by Gasteiger charge is -2.34. The van der Waals surface area contributed by atoms with Crippen LogP contribution in [-0.2, 0) is 16.1 Å². The van der Waals surface area contributed by atoms with Gasteiger partial charge in [0.15, 0.2) is 0 Å². The molecule has 21 heavy (non-hydrogen) atoms. The fourth-order valence-corrected chi connectivity index (χ4v) is 2.39. The highest BCUT2D eigenvalue weighted by Gasteiger charge is 2.29. The molecular formula is C15H23N3O3. The second kappa shape index (κ2) is 7.28. The van der Waals surface area contributed by atoms with Crippen molar-refractivity contribution in [1.82, 2.24) is 10.2 Å². The predicted octanol–water partition coefficient (Wildman–Crippen LogP) is 0.701. The molecule has 1 aromatic rings. The molecule has 4 N–H and O–H groups in total. The predicted molar refractivity (Wildman–Crippen MR) is 80.8 cm³/mol. The molecule has 1 aliphatic rings. The Bertz CT molecular complexity index is 493. The third-order valence-corrected chi connectivity index (χ3v) is 3.57. The third kappa shape index (κ3) is 4.09. The van der Waals surface area contributed by atoms with Crippen LogP contribution in [0.2, 0.25) is 0 Å². The Morgan fingerprint density at radius 2 is 2.38 bits per heavy atom. The van der Waals surface area contributed by atoms with Crippen LogP contribution >= 0.6 is 0 Å². The first kappa shape index (κ1) is 15.6. The van der Waals surface area contributed by atoms with E-state index in [0.717, 1.165) is 12.0 Å². The first-order valence-electron chi connectivity index (χ1n) is 7.28. The number of nitrogens with zero attached hydrogens (tertiary/aromatic N) is 1. The molecule has 1 aliphatic heterocycles. The zero-order chi connectivity index (χ0) is 15.2. The second-order valence-electron chi connectivity index (χ2n) is 5.24. The molecule has 1 heterocycles. The van der Waals surface area contributed by atoms with Crippen molar-refractivity contribution in [3.05, 3.63) is 23.8 Å². The summed E-state index contributed by atoms with van der Waals surface area (Å²) >= 11 is 0. The topological polar surface area (TPSA) is 87.8 Å². The molecule has 6 nitrogen and oxygen atoms in total. The molecule has 6 heteroatoms. The Morgan fingerprint density at radius 1 is 1.57 bits per heavy atom. The van der Waals surface area contributed by atoms with E-state index in [4.69, 9.17) is 10.5 Å². The van der Waals surface area contributed by atoms with Crippen molar-refractivity contribution in [3.8, 4) is 5.75 Å². The van der Waals surface area contributed by atoms with Crippen LogP contribution in [-0.4, -0.2) is 48.3 Å². The number of phenolic OH excluding ortho intramolecular Hbond substituents is 1. The molecule has 2 rings (SSSR count). The minimum absolute atomic E-state index is 0.0278. The van der Waals surface area contributed by atoms with Gasteiger partial charge in [0.25, 0.3) is 0 Å². The minimum Gasteiger partial charge on any atom is -0.508 e. The molecule has 1 saturated heterocycles. The van der Waals surface area contributed by atoms with Gasteiger partial charge in [0.05, 0.1) is 13.2 Å². The molecular weight excluding hydrogens is 270 g/mol. The number of carbonyl (C=O) groups excluding carboxylic acids is 1. The van der Waals surface area contributed by atoms with E-state index in [9.17, 15) is 9.90 Å². The van der Waals surface area contributed by atoms with Crippen molar-refractivity contribution in [2.24, 2.45) is 0 Å². The van der Waals surface area contributed by atoms with Crippen LogP contribution in [0.5, 0.6) is 5.75 Å². The van der Waals surface area contributed by atoms with Gasteiger partial charge >= 0.3 is 0 Å². The first-order valence-corrected chi connectivity index (χ1v) is 7.28. The number of morpholine rings is 1. The van der Waals surface area contributed by atoms with Gasteiger partial charge in [0.1, 0.15) is 11.8 Å². The summed E-state index contributed by atoms with van der Waals surface area (Å²) in [5.74, 6) is 0.170. The van der Waals surface area contributed by atoms with E-state index in [0.29, 0.717) is 38.5 Å². The lowest BCUT2D eigenvalue weighted by Crippen LogP contribution is -2.53. The van der Waals surface area contributed by atoms with Crippen LogP contribution in [0.25, 0.3) is 0 Å². The van der Waals surface area contributed by atoms with Crippen molar-refractivity contribution in [3.63, 3.8) is 0 Å². The van der Waals surface area contributed by atoms with Gasteiger partial charge in [-0.25, -0.2) is 0 Å². The van der Waals surface area contributed by atoms with Crippen LogP contribution in [0.3, 0.4) is 0 Å². The molecule has 1 fully saturated rings. The standard InChI is InChI=1S/C15H23N3O3/c1-2-5-17-15(20)13-10-21-7-6-18(13)9-11-8-12(16)3-4-14(11)19/h3-4,8,13,19H,2,5-7,9-10,16H2,1H3,(H,17,20). The monoisotopic (exact) mass is 293 g/mol. The van der Waals surface area contributed by atoms with Crippen molar-refractivity contribution in [2.75, 3.05) is 32.0 Å². The number of benzene rings is 1. The molecule has 0 aliphatic carbocycles. The summed E-state index contributed by atoms with van der Waals surface area (Å²) in [5.41, 5.74) is 7.09. The molecule has 116 valence electrons. The van der Waals surface area contributed by atoms with E-state index < -0.39 is 0 Å². The van der Waals surface area contributed by atoms with Crippen LogP contribution in [0.1, 0.15) is 18.9 Å². The van der Waals surface area contributed by atoms with Gasteiger partial charge in [-0.1, -0.05) is 6.92 Å². The lowest BCUT2D eigenvalue weighted by atomic mass is 10.1. The molecule has 1 atom stereocenters. The quantitative estimate of drug-likeness (QED) is 0.549. The van der Waals surface area contributed by atoms with Gasteiger partial charge in [-0.15, -0.1) is 0 Å². The maximum Gasteiger partial charge on any atom is 0.239 e. The summed E-state index contributed by atoms with van der Waals surface area (Å²) in [4.78, 5) is 14.2. The highest BCUT2D eigenvalue weighted by molar-refractivity contribution is 5.82. The Kier molecular flexibility index (Phi) is 5.41. The van der Waals surface area contributed by atoms with E-state index in [2.05, 4.69) is 5.32 Å². The Morgan fingerprint density at radius 3 is 3.14 bits per heavy atom. The van der Waals surface area contributed by atoms with Gasteiger partial charge < -0.3 is 20.9 Å². The number of aromatic hydroxyl groups is 1. The number of amides is 1. The van der Waals surface area contributed by atoms with Gasteiger partial charge in [-0.3, -0.25) is 9.69 Å². The number of phenols is 1. The van der Waals surface area contributed by atoms with E-state index in [1.165, 1.54) is 0 Å². The van der Waals surface area contributed by atoms with Crippen molar-refractivity contribution in [1.29, 1.82) is 0 Å². The van der Waals surface area contributed by atoms with Gasteiger partial charge in [0, 0.05) is 30.9 Å². The summed E-state index contributed by atoms with van der Waals surface area (Å²) in [6, 6.07) is 4.65. The average Bonchev–Trinajstić information content (AvgIpc) is 2.49. The number of nitrogen functional groups attached to an aromatic ring is 1. The van der Waals surface area contributed by atoms with E-state index in [-0.39, 0.29) is 17.7 Å². The summed E-state index contributed by atoms with van der Waals surface area (Å²) in [7, 11) is 0. The fourth-order valence-electron chi connectivity index (χ4n) is 2.39. The summed E-state index contributed by atoms with van der Waals surface area (Å²) < 4.78 is 5.42. The van der Waals surface area contributed by atoms with Crippen LogP contribution < -0.4 is 11.1 Å². The number of hydrogen-bond donors (Lipinski definition) is 3. The highest BCUT2D eigenvalue weighted by Crippen LogP contribution is 2.23. The Balaban J connectivity index is 2.08. The smallest absolute Gasteiger partial charge is 0.239 e. The number of carbonyl (C=O) groups is 1. The number of ether oxygens (including phenoxy) is 1. The summed E-state index contributed by atoms with van der Waals surface area (Å²) in [6.07, 6.45) is 0.898. The van der Waals surface area contributed by atoms with Crippen molar-refractivity contribution < 1.29 is 14.6 Å². The Hall–Kier alpha value is -1.79. The zero-order valence-corrected chi connectivity index (χ0v) is 12.3. The van der Waals surface area contributed by atoms with Crippen LogP contribution in [0.4, 0.5) is 5.69 Å². The molecule has 0 spiro atoms. The summed E-state index contributed by atoms with van der Waals surface area (Å²) in [6.45, 7) is 4.76.